The van der Waals surface area contributed by atoms with Gasteiger partial charge in [0.25, 0.3) is 0 Å². The largest absolute Gasteiger partial charge is 0.384 e. The second kappa shape index (κ2) is 5.23. The number of anilines is 2. The molecule has 0 atom stereocenters. The van der Waals surface area contributed by atoms with Gasteiger partial charge < -0.3 is 10.6 Å². The zero-order valence-electron chi connectivity index (χ0n) is 12.7. The highest BCUT2D eigenvalue weighted by molar-refractivity contribution is 5.47. The highest BCUT2D eigenvalue weighted by Crippen LogP contribution is 2.46. The van der Waals surface area contributed by atoms with Crippen LogP contribution in [0.4, 0.5) is 11.6 Å². The molecule has 1 aromatic rings. The molecule has 1 spiro atoms. The monoisotopic (exact) mass is 274 g/mol. The molecule has 3 rings (SSSR count). The Balaban J connectivity index is 1.74. The first kappa shape index (κ1) is 13.7. The van der Waals surface area contributed by atoms with E-state index in [1.54, 1.807) is 0 Å². The van der Waals surface area contributed by atoms with E-state index in [1.165, 1.54) is 38.5 Å². The number of rotatable bonds is 2. The molecule has 20 heavy (non-hydrogen) atoms. The first-order chi connectivity index (χ1) is 9.58. The van der Waals surface area contributed by atoms with Crippen molar-refractivity contribution in [1.29, 1.82) is 0 Å². The van der Waals surface area contributed by atoms with E-state index in [4.69, 9.17) is 10.7 Å². The van der Waals surface area contributed by atoms with Gasteiger partial charge in [-0.3, -0.25) is 0 Å². The maximum Gasteiger partial charge on any atom is 0.135 e. The molecule has 1 aromatic heterocycles. The summed E-state index contributed by atoms with van der Waals surface area (Å²) < 4.78 is 0. The third kappa shape index (κ3) is 2.60. The fourth-order valence-corrected chi connectivity index (χ4v) is 3.73. The van der Waals surface area contributed by atoms with Crippen LogP contribution in [0.3, 0.4) is 0 Å². The van der Waals surface area contributed by atoms with Gasteiger partial charge in [0.15, 0.2) is 0 Å². The first-order valence-electron chi connectivity index (χ1n) is 7.97. The van der Waals surface area contributed by atoms with Crippen LogP contribution in [0.25, 0.3) is 0 Å². The van der Waals surface area contributed by atoms with Gasteiger partial charge in [0.1, 0.15) is 17.5 Å². The van der Waals surface area contributed by atoms with E-state index < -0.39 is 0 Å². The minimum absolute atomic E-state index is 0.322. The van der Waals surface area contributed by atoms with E-state index in [1.807, 2.05) is 6.07 Å². The molecule has 2 heterocycles. The van der Waals surface area contributed by atoms with Crippen LogP contribution in [0.5, 0.6) is 0 Å². The summed E-state index contributed by atoms with van der Waals surface area (Å²) in [6, 6.07) is 1.93. The van der Waals surface area contributed by atoms with Crippen molar-refractivity contribution in [3.8, 4) is 0 Å². The molecule has 2 N–H and O–H groups in total. The second-order valence-corrected chi connectivity index (χ2v) is 6.86. The van der Waals surface area contributed by atoms with Crippen LogP contribution in [0.2, 0.25) is 0 Å². The summed E-state index contributed by atoms with van der Waals surface area (Å²) in [5, 5.41) is 0. The smallest absolute Gasteiger partial charge is 0.135 e. The standard InChI is InChI=1S/C16H26N4/c1-12(2)15-18-13(17)11-14(19-15)20-9-7-16(8-10-20)5-3-4-6-16/h11-12H,3-10H2,1-2H3,(H2,17,18,19). The number of nitrogen functional groups attached to an aromatic ring is 1. The Bertz CT molecular complexity index is 467. The molecule has 0 aromatic carbocycles. The molecular formula is C16H26N4. The van der Waals surface area contributed by atoms with Crippen LogP contribution in [0, 0.1) is 5.41 Å². The van der Waals surface area contributed by atoms with Crippen molar-refractivity contribution in [2.45, 2.75) is 58.3 Å². The Morgan fingerprint density at radius 3 is 2.35 bits per heavy atom. The van der Waals surface area contributed by atoms with Gasteiger partial charge in [0.05, 0.1) is 0 Å². The lowest BCUT2D eigenvalue weighted by atomic mass is 9.77. The number of hydrogen-bond donors (Lipinski definition) is 1. The molecule has 4 heteroatoms. The molecule has 2 aliphatic rings. The molecule has 0 bridgehead atoms. The molecule has 2 fully saturated rings. The quantitative estimate of drug-likeness (QED) is 0.898. The lowest BCUT2D eigenvalue weighted by Gasteiger charge is -2.40. The van der Waals surface area contributed by atoms with E-state index >= 15 is 0 Å². The third-order valence-electron chi connectivity index (χ3n) is 5.08. The molecule has 0 amide bonds. The van der Waals surface area contributed by atoms with Gasteiger partial charge in [-0.25, -0.2) is 9.97 Å². The molecular weight excluding hydrogens is 248 g/mol. The highest BCUT2D eigenvalue weighted by Gasteiger charge is 2.37. The molecule has 0 unspecified atom stereocenters. The second-order valence-electron chi connectivity index (χ2n) is 6.86. The number of hydrogen-bond acceptors (Lipinski definition) is 4. The maximum absolute atomic E-state index is 5.94. The average Bonchev–Trinajstić information content (AvgIpc) is 2.87. The zero-order chi connectivity index (χ0) is 14.2. The predicted octanol–water partition coefficient (Wildman–Crippen LogP) is 3.34. The summed E-state index contributed by atoms with van der Waals surface area (Å²) in [6.45, 7) is 6.46. The molecule has 1 aliphatic heterocycles. The van der Waals surface area contributed by atoms with E-state index in [0.29, 0.717) is 17.2 Å². The van der Waals surface area contributed by atoms with Crippen molar-refractivity contribution in [2.24, 2.45) is 5.41 Å². The normalized spacial score (nSPS) is 21.9. The van der Waals surface area contributed by atoms with E-state index in [2.05, 4.69) is 23.7 Å². The first-order valence-corrected chi connectivity index (χ1v) is 7.97. The molecule has 4 nitrogen and oxygen atoms in total. The van der Waals surface area contributed by atoms with Crippen molar-refractivity contribution in [3.63, 3.8) is 0 Å². The Morgan fingerprint density at radius 1 is 1.10 bits per heavy atom. The topological polar surface area (TPSA) is 55.0 Å². The van der Waals surface area contributed by atoms with Gasteiger partial charge in [-0.1, -0.05) is 26.7 Å². The molecule has 1 saturated carbocycles. The minimum Gasteiger partial charge on any atom is -0.384 e. The van der Waals surface area contributed by atoms with Gasteiger partial charge in [0, 0.05) is 25.1 Å². The average molecular weight is 274 g/mol. The van der Waals surface area contributed by atoms with Gasteiger partial charge in [-0.15, -0.1) is 0 Å². The van der Waals surface area contributed by atoms with Gasteiger partial charge in [-0.2, -0.15) is 0 Å². The lowest BCUT2D eigenvalue weighted by Crippen LogP contribution is -2.39. The fraction of sp³-hybridized carbons (Fsp3) is 0.750. The Kier molecular flexibility index (Phi) is 3.57. The van der Waals surface area contributed by atoms with Crippen molar-refractivity contribution in [1.82, 2.24) is 9.97 Å². The number of piperidine rings is 1. The maximum atomic E-state index is 5.94. The number of aromatic nitrogens is 2. The zero-order valence-corrected chi connectivity index (χ0v) is 12.7. The van der Waals surface area contributed by atoms with Crippen LogP contribution < -0.4 is 10.6 Å². The summed E-state index contributed by atoms with van der Waals surface area (Å²) in [6.07, 6.45) is 8.35. The van der Waals surface area contributed by atoms with E-state index in [9.17, 15) is 0 Å². The van der Waals surface area contributed by atoms with E-state index in [-0.39, 0.29) is 0 Å². The minimum atomic E-state index is 0.322. The molecule has 0 radical (unpaired) electrons. The number of nitrogens with two attached hydrogens (primary N) is 1. The summed E-state index contributed by atoms with van der Waals surface area (Å²) in [4.78, 5) is 11.4. The lowest BCUT2D eigenvalue weighted by molar-refractivity contribution is 0.226. The summed E-state index contributed by atoms with van der Waals surface area (Å²) in [5.74, 6) is 2.80. The Morgan fingerprint density at radius 2 is 1.75 bits per heavy atom. The number of nitrogens with zero attached hydrogens (tertiary/aromatic N) is 3. The predicted molar refractivity (Wildman–Crippen MR) is 82.9 cm³/mol. The van der Waals surface area contributed by atoms with Gasteiger partial charge in [-0.05, 0) is 31.1 Å². The fourth-order valence-electron chi connectivity index (χ4n) is 3.73. The summed E-state index contributed by atoms with van der Waals surface area (Å²) >= 11 is 0. The van der Waals surface area contributed by atoms with Crippen LogP contribution in [-0.2, 0) is 0 Å². The van der Waals surface area contributed by atoms with Crippen molar-refractivity contribution < 1.29 is 0 Å². The Hall–Kier alpha value is -1.32. The third-order valence-corrected chi connectivity index (χ3v) is 5.08. The van der Waals surface area contributed by atoms with Crippen LogP contribution in [-0.4, -0.2) is 23.1 Å². The van der Waals surface area contributed by atoms with Crippen LogP contribution in [0.1, 0.15) is 64.1 Å². The molecule has 1 aliphatic carbocycles. The molecule has 1 saturated heterocycles. The summed E-state index contributed by atoms with van der Waals surface area (Å²) in [7, 11) is 0. The highest BCUT2D eigenvalue weighted by atomic mass is 15.2. The van der Waals surface area contributed by atoms with Crippen molar-refractivity contribution >= 4 is 11.6 Å². The van der Waals surface area contributed by atoms with Gasteiger partial charge >= 0.3 is 0 Å². The SMILES string of the molecule is CC(C)c1nc(N)cc(N2CCC3(CCCC3)CC2)n1. The van der Waals surface area contributed by atoms with E-state index in [0.717, 1.165) is 24.7 Å². The molecule has 110 valence electrons. The van der Waals surface area contributed by atoms with Gasteiger partial charge in [0.2, 0.25) is 0 Å². The van der Waals surface area contributed by atoms with Crippen molar-refractivity contribution in [2.75, 3.05) is 23.7 Å². The van der Waals surface area contributed by atoms with Crippen molar-refractivity contribution in [3.05, 3.63) is 11.9 Å². The summed E-state index contributed by atoms with van der Waals surface area (Å²) in [5.41, 5.74) is 6.59. The Labute approximate surface area is 121 Å². The van der Waals surface area contributed by atoms with Crippen LogP contribution >= 0.6 is 0 Å². The van der Waals surface area contributed by atoms with Crippen LogP contribution in [0.15, 0.2) is 6.07 Å².